The van der Waals surface area contributed by atoms with Crippen molar-refractivity contribution >= 4 is 62.7 Å². The molecule has 0 radical (unpaired) electrons. The first-order chi connectivity index (χ1) is 27.1. The van der Waals surface area contributed by atoms with Crippen LogP contribution in [-0.2, 0) is 6.42 Å². The number of nitrogens with zero attached hydrogens (tertiary/aromatic N) is 2. The Kier molecular flexibility index (Phi) is 8.15. The van der Waals surface area contributed by atoms with Gasteiger partial charge in [-0.1, -0.05) is 96.3 Å². The molecule has 0 bridgehead atoms. The van der Waals surface area contributed by atoms with Gasteiger partial charge in [-0.2, -0.15) is 0 Å². The van der Waals surface area contributed by atoms with Crippen LogP contribution < -0.4 is 20.2 Å². The molecular formula is C53H50N2O. The lowest BCUT2D eigenvalue weighted by molar-refractivity contribution is 0.349. The lowest BCUT2D eigenvalue weighted by atomic mass is 9.59. The standard InChI is InChI=1S/C53H50N2O/c1-33-10-18-37(19-11-33)54(38-20-12-34(2)13-21-38)41-26-27-42-46-31-48-45(32-51(46)56-50(42)30-41)43-28-29-49(44-8-7-9-47(52(43)44)53(48,5)6)55(39-22-14-35(3)15-23-39)40-24-16-36(4)17-25-40/h8,10-12,14-20,22-30,32,48H,7,9,13,21,31H2,1-6H3. The number of anilines is 5. The zero-order chi connectivity index (χ0) is 38.3. The molecule has 5 aromatic carbocycles. The van der Waals surface area contributed by atoms with Crippen molar-refractivity contribution in [1.29, 1.82) is 0 Å². The SMILES string of the molecule is CC1=CC=C(N(c2ccc(C)cc2)c2ccc3c4c(oc3c2)C=C2c3ccc(N(c5ccc(C)cc5)c5ccc(C)cc5)c5c3=C(CCC=5)C(C)(C)C2C4)CC1. The zero-order valence-corrected chi connectivity index (χ0v) is 33.5. The number of rotatable bonds is 6. The van der Waals surface area contributed by atoms with Crippen LogP contribution in [0.25, 0.3) is 34.3 Å². The van der Waals surface area contributed by atoms with Crippen LogP contribution in [-0.4, -0.2) is 0 Å². The summed E-state index contributed by atoms with van der Waals surface area (Å²) in [6.45, 7) is 13.7. The average Bonchev–Trinajstić information content (AvgIpc) is 3.57. The minimum absolute atomic E-state index is 0.0123. The molecule has 1 atom stereocenters. The van der Waals surface area contributed by atoms with Gasteiger partial charge in [0.15, 0.2) is 0 Å². The van der Waals surface area contributed by atoms with Crippen LogP contribution in [0.4, 0.5) is 28.4 Å². The highest BCUT2D eigenvalue weighted by Crippen LogP contribution is 2.53. The van der Waals surface area contributed by atoms with E-state index in [0.29, 0.717) is 5.92 Å². The summed E-state index contributed by atoms with van der Waals surface area (Å²) in [7, 11) is 0. The van der Waals surface area contributed by atoms with Gasteiger partial charge in [0.05, 0.1) is 5.69 Å². The molecule has 0 saturated heterocycles. The van der Waals surface area contributed by atoms with E-state index in [1.54, 1.807) is 5.57 Å². The quantitative estimate of drug-likeness (QED) is 0.170. The molecule has 0 spiro atoms. The van der Waals surface area contributed by atoms with Gasteiger partial charge in [-0.05, 0) is 154 Å². The number of aryl methyl sites for hydroxylation is 3. The predicted octanol–water partition coefficient (Wildman–Crippen LogP) is 13.1. The summed E-state index contributed by atoms with van der Waals surface area (Å²) in [5.41, 5.74) is 19.1. The zero-order valence-electron chi connectivity index (χ0n) is 33.5. The molecule has 4 aliphatic carbocycles. The van der Waals surface area contributed by atoms with Crippen LogP contribution in [0.2, 0.25) is 0 Å². The summed E-state index contributed by atoms with van der Waals surface area (Å²) in [6.07, 6.45) is 14.7. The molecule has 1 heterocycles. The molecule has 6 aromatic rings. The first-order valence-corrected chi connectivity index (χ1v) is 20.4. The smallest absolute Gasteiger partial charge is 0.137 e. The van der Waals surface area contributed by atoms with Crippen LogP contribution in [0.15, 0.2) is 131 Å². The predicted molar refractivity (Wildman–Crippen MR) is 236 cm³/mol. The number of allylic oxidation sites excluding steroid dienone is 5. The maximum absolute atomic E-state index is 6.91. The molecule has 3 heteroatoms. The van der Waals surface area contributed by atoms with Gasteiger partial charge in [0.1, 0.15) is 11.3 Å². The first-order valence-electron chi connectivity index (χ1n) is 20.4. The van der Waals surface area contributed by atoms with Crippen molar-refractivity contribution in [1.82, 2.24) is 0 Å². The Morgan fingerprint density at radius 1 is 0.643 bits per heavy atom. The molecule has 1 aromatic heterocycles. The second kappa shape index (κ2) is 13.2. The number of fused-ring (bicyclic) bond motifs is 5. The third kappa shape index (κ3) is 5.62. The van der Waals surface area contributed by atoms with E-state index in [0.717, 1.165) is 49.1 Å². The Morgan fingerprint density at radius 2 is 1.27 bits per heavy atom. The van der Waals surface area contributed by atoms with Crippen molar-refractivity contribution in [2.24, 2.45) is 11.3 Å². The lowest BCUT2D eigenvalue weighted by Gasteiger charge is -2.45. The van der Waals surface area contributed by atoms with Gasteiger partial charge < -0.3 is 14.2 Å². The summed E-state index contributed by atoms with van der Waals surface area (Å²) in [4.78, 5) is 4.88. The van der Waals surface area contributed by atoms with Gasteiger partial charge >= 0.3 is 0 Å². The van der Waals surface area contributed by atoms with Crippen LogP contribution in [0.3, 0.4) is 0 Å². The third-order valence-corrected chi connectivity index (χ3v) is 13.1. The topological polar surface area (TPSA) is 19.6 Å². The summed E-state index contributed by atoms with van der Waals surface area (Å²) in [5, 5.41) is 4.03. The Morgan fingerprint density at radius 3 is 1.89 bits per heavy atom. The van der Waals surface area contributed by atoms with Crippen LogP contribution >= 0.6 is 0 Å². The highest BCUT2D eigenvalue weighted by Gasteiger charge is 2.44. The molecule has 1 unspecified atom stereocenters. The molecule has 0 amide bonds. The molecule has 0 aliphatic heterocycles. The molecule has 3 nitrogen and oxygen atoms in total. The summed E-state index contributed by atoms with van der Waals surface area (Å²) in [5.74, 6) is 1.38. The molecule has 56 heavy (non-hydrogen) atoms. The molecular weight excluding hydrogens is 681 g/mol. The average molecular weight is 731 g/mol. The maximum atomic E-state index is 6.91. The maximum Gasteiger partial charge on any atom is 0.137 e. The lowest BCUT2D eigenvalue weighted by Crippen LogP contribution is -2.47. The second-order valence-corrected chi connectivity index (χ2v) is 17.2. The normalized spacial score (nSPS) is 17.9. The van der Waals surface area contributed by atoms with E-state index in [1.807, 2.05) is 0 Å². The third-order valence-electron chi connectivity index (χ3n) is 13.1. The van der Waals surface area contributed by atoms with Gasteiger partial charge in [0.2, 0.25) is 0 Å². The number of furan rings is 1. The minimum Gasteiger partial charge on any atom is -0.456 e. The van der Waals surface area contributed by atoms with E-state index >= 15 is 0 Å². The fraction of sp³-hybridized carbons (Fsp3) is 0.245. The van der Waals surface area contributed by atoms with Gasteiger partial charge in [-0.3, -0.25) is 0 Å². The second-order valence-electron chi connectivity index (χ2n) is 17.2. The number of hydrogen-bond donors (Lipinski definition) is 0. The van der Waals surface area contributed by atoms with E-state index in [9.17, 15) is 0 Å². The Bertz CT molecular complexity index is 2730. The highest BCUT2D eigenvalue weighted by atomic mass is 16.3. The number of hydrogen-bond acceptors (Lipinski definition) is 3. The molecule has 0 N–H and O–H groups in total. The van der Waals surface area contributed by atoms with Gasteiger partial charge in [0, 0.05) is 50.7 Å². The monoisotopic (exact) mass is 730 g/mol. The Hall–Kier alpha value is -5.80. The minimum atomic E-state index is -0.0123. The largest absolute Gasteiger partial charge is 0.456 e. The molecule has 278 valence electrons. The highest BCUT2D eigenvalue weighted by molar-refractivity contribution is 5.96. The molecule has 0 fully saturated rings. The Labute approximate surface area is 331 Å². The van der Waals surface area contributed by atoms with E-state index in [-0.39, 0.29) is 5.41 Å². The summed E-state index contributed by atoms with van der Waals surface area (Å²) < 4.78 is 6.91. The van der Waals surface area contributed by atoms with Crippen molar-refractivity contribution in [2.45, 2.75) is 73.6 Å². The summed E-state index contributed by atoms with van der Waals surface area (Å²) >= 11 is 0. The van der Waals surface area contributed by atoms with Gasteiger partial charge in [0.25, 0.3) is 0 Å². The summed E-state index contributed by atoms with van der Waals surface area (Å²) in [6, 6.07) is 38.5. The van der Waals surface area contributed by atoms with Crippen LogP contribution in [0.1, 0.15) is 80.0 Å². The van der Waals surface area contributed by atoms with Crippen molar-refractivity contribution in [3.05, 3.63) is 171 Å². The molecule has 4 aliphatic rings. The van der Waals surface area contributed by atoms with Crippen molar-refractivity contribution in [3.63, 3.8) is 0 Å². The Balaban J connectivity index is 1.11. The van der Waals surface area contributed by atoms with E-state index in [1.165, 1.54) is 83.2 Å². The first kappa shape index (κ1) is 34.7. The van der Waals surface area contributed by atoms with Crippen molar-refractivity contribution in [3.8, 4) is 0 Å². The van der Waals surface area contributed by atoms with Crippen molar-refractivity contribution < 1.29 is 4.42 Å². The fourth-order valence-electron chi connectivity index (χ4n) is 9.91. The van der Waals surface area contributed by atoms with Crippen LogP contribution in [0, 0.1) is 32.1 Å². The number of benzene rings is 5. The van der Waals surface area contributed by atoms with Crippen LogP contribution in [0.5, 0.6) is 0 Å². The van der Waals surface area contributed by atoms with Gasteiger partial charge in [-0.15, -0.1) is 0 Å². The van der Waals surface area contributed by atoms with Crippen molar-refractivity contribution in [2.75, 3.05) is 9.80 Å². The van der Waals surface area contributed by atoms with E-state index < -0.39 is 0 Å². The fourth-order valence-corrected chi connectivity index (χ4v) is 9.91. The van der Waals surface area contributed by atoms with Gasteiger partial charge in [-0.25, -0.2) is 0 Å². The van der Waals surface area contributed by atoms with E-state index in [4.69, 9.17) is 4.42 Å². The molecule has 10 rings (SSSR count). The van der Waals surface area contributed by atoms with E-state index in [2.05, 4.69) is 179 Å². The molecule has 0 saturated carbocycles.